The van der Waals surface area contributed by atoms with Gasteiger partial charge in [-0.1, -0.05) is 32.4 Å². The third kappa shape index (κ3) is 1.91. The number of anilines is 1. The first kappa shape index (κ1) is 13.8. The lowest BCUT2D eigenvalue weighted by Gasteiger charge is -2.43. The summed E-state index contributed by atoms with van der Waals surface area (Å²) in [6, 6.07) is 8.20. The van der Waals surface area contributed by atoms with Crippen LogP contribution in [0.25, 0.3) is 0 Å². The minimum Gasteiger partial charge on any atom is -0.380 e. The van der Waals surface area contributed by atoms with Gasteiger partial charge in [0.25, 0.3) is 0 Å². The maximum absolute atomic E-state index is 9.29. The van der Waals surface area contributed by atoms with Crippen LogP contribution in [0.3, 0.4) is 0 Å². The zero-order chi connectivity index (χ0) is 14.5. The molecule has 0 aromatic heterocycles. The molecule has 0 saturated heterocycles. The molecule has 3 heteroatoms. The zero-order valence-corrected chi connectivity index (χ0v) is 13.1. The summed E-state index contributed by atoms with van der Waals surface area (Å²) in [4.78, 5) is 0. The molecule has 0 radical (unpaired) electrons. The largest absolute Gasteiger partial charge is 0.380 e. The molecule has 0 aliphatic heterocycles. The van der Waals surface area contributed by atoms with E-state index >= 15 is 0 Å². The first-order valence-electron chi connectivity index (χ1n) is 7.33. The second-order valence-corrected chi connectivity index (χ2v) is 7.73. The lowest BCUT2D eigenvalue weighted by molar-refractivity contribution is 0.155. The predicted octanol–water partition coefficient (Wildman–Crippen LogP) is 4.84. The Labute approximate surface area is 126 Å². The van der Waals surface area contributed by atoms with E-state index in [1.165, 1.54) is 19.3 Å². The van der Waals surface area contributed by atoms with Crippen LogP contribution in [-0.2, 0) is 0 Å². The minimum absolute atomic E-state index is 0.277. The van der Waals surface area contributed by atoms with E-state index < -0.39 is 0 Å². The molecule has 1 N–H and O–H groups in total. The molecule has 0 heterocycles. The molecule has 1 aromatic rings. The van der Waals surface area contributed by atoms with Crippen molar-refractivity contribution in [2.45, 2.75) is 46.1 Å². The van der Waals surface area contributed by atoms with Crippen molar-refractivity contribution in [2.75, 3.05) is 5.32 Å². The van der Waals surface area contributed by atoms with Crippen molar-refractivity contribution in [2.24, 2.45) is 16.7 Å². The Balaban J connectivity index is 1.94. The second kappa shape index (κ2) is 4.40. The van der Waals surface area contributed by atoms with Gasteiger partial charge in [-0.3, -0.25) is 0 Å². The Hall–Kier alpha value is -1.20. The van der Waals surface area contributed by atoms with Crippen LogP contribution >= 0.6 is 11.6 Å². The summed E-state index contributed by atoms with van der Waals surface area (Å²) in [5.41, 5.74) is 2.18. The van der Waals surface area contributed by atoms with Crippen molar-refractivity contribution >= 4 is 17.3 Å². The fourth-order valence-corrected chi connectivity index (χ4v) is 4.72. The van der Waals surface area contributed by atoms with Gasteiger partial charge in [0, 0.05) is 11.1 Å². The number of nitrogens with zero attached hydrogens (tertiary/aromatic N) is 1. The fraction of sp³-hybridized carbons (Fsp3) is 0.588. The summed E-state index contributed by atoms with van der Waals surface area (Å²) < 4.78 is 0. The third-order valence-electron chi connectivity index (χ3n) is 5.67. The van der Waals surface area contributed by atoms with E-state index in [9.17, 15) is 5.26 Å². The number of fused-ring (bicyclic) bond motifs is 2. The van der Waals surface area contributed by atoms with Crippen LogP contribution in [0.4, 0.5) is 5.69 Å². The highest BCUT2D eigenvalue weighted by molar-refractivity contribution is 6.30. The van der Waals surface area contributed by atoms with Gasteiger partial charge >= 0.3 is 0 Å². The number of halogens is 1. The van der Waals surface area contributed by atoms with E-state index in [1.807, 2.05) is 12.1 Å². The maximum Gasteiger partial charge on any atom is 0.101 e. The molecule has 2 saturated carbocycles. The molecule has 106 valence electrons. The van der Waals surface area contributed by atoms with Gasteiger partial charge in [0.1, 0.15) is 6.07 Å². The second-order valence-electron chi connectivity index (χ2n) is 7.29. The number of hydrogen-bond donors (Lipinski definition) is 1. The van der Waals surface area contributed by atoms with Crippen LogP contribution in [0.5, 0.6) is 0 Å². The summed E-state index contributed by atoms with van der Waals surface area (Å²) >= 11 is 5.98. The fourth-order valence-electron chi connectivity index (χ4n) is 4.55. The Kier molecular flexibility index (Phi) is 3.03. The maximum atomic E-state index is 9.29. The lowest BCUT2D eigenvalue weighted by Crippen LogP contribution is -2.45. The average molecular weight is 289 g/mol. The normalized spacial score (nSPS) is 34.0. The van der Waals surface area contributed by atoms with Crippen molar-refractivity contribution in [1.29, 1.82) is 5.26 Å². The average Bonchev–Trinajstić information content (AvgIpc) is 2.87. The molecule has 2 nitrogen and oxygen atoms in total. The van der Waals surface area contributed by atoms with E-state index in [4.69, 9.17) is 11.6 Å². The molecule has 2 aliphatic carbocycles. The van der Waals surface area contributed by atoms with Gasteiger partial charge in [-0.05, 0) is 54.2 Å². The van der Waals surface area contributed by atoms with E-state index in [2.05, 4.69) is 32.2 Å². The summed E-state index contributed by atoms with van der Waals surface area (Å²) in [6.45, 7) is 7.12. The molecule has 3 atom stereocenters. The molecule has 0 amide bonds. The van der Waals surface area contributed by atoms with Crippen LogP contribution in [0.1, 0.15) is 45.6 Å². The molecular formula is C17H21ClN2. The van der Waals surface area contributed by atoms with Crippen molar-refractivity contribution in [1.82, 2.24) is 0 Å². The molecule has 3 rings (SSSR count). The highest BCUT2D eigenvalue weighted by atomic mass is 35.5. The van der Waals surface area contributed by atoms with E-state index in [0.29, 0.717) is 22.0 Å². The Morgan fingerprint density at radius 2 is 2.10 bits per heavy atom. The topological polar surface area (TPSA) is 35.8 Å². The van der Waals surface area contributed by atoms with E-state index in [-0.39, 0.29) is 5.41 Å². The number of nitrogens with one attached hydrogen (secondary N) is 1. The lowest BCUT2D eigenvalue weighted by atomic mass is 9.68. The van der Waals surface area contributed by atoms with E-state index in [1.54, 1.807) is 6.07 Å². The Morgan fingerprint density at radius 1 is 1.35 bits per heavy atom. The zero-order valence-electron chi connectivity index (χ0n) is 12.3. The number of benzene rings is 1. The standard InChI is InChI=1S/C17H21ClN2/c1-16(2)12-6-7-17(3,9-12)15(16)20-14-5-4-13(18)8-11(14)10-19/h4-5,8,12,15,20H,6-7,9H2,1-3H3. The summed E-state index contributed by atoms with van der Waals surface area (Å²) in [7, 11) is 0. The number of rotatable bonds is 2. The highest BCUT2D eigenvalue weighted by Crippen LogP contribution is 2.63. The highest BCUT2D eigenvalue weighted by Gasteiger charge is 2.59. The minimum atomic E-state index is 0.277. The van der Waals surface area contributed by atoms with Gasteiger partial charge in [0.05, 0.1) is 11.3 Å². The van der Waals surface area contributed by atoms with Crippen molar-refractivity contribution in [3.05, 3.63) is 28.8 Å². The molecule has 3 unspecified atom stereocenters. The number of hydrogen-bond acceptors (Lipinski definition) is 2. The van der Waals surface area contributed by atoms with Gasteiger partial charge in [-0.25, -0.2) is 0 Å². The Bertz CT molecular complexity index is 582. The van der Waals surface area contributed by atoms with Gasteiger partial charge in [-0.15, -0.1) is 0 Å². The molecular weight excluding hydrogens is 268 g/mol. The van der Waals surface area contributed by atoms with Gasteiger partial charge in [0.2, 0.25) is 0 Å². The molecule has 2 fully saturated rings. The number of nitriles is 1. The molecule has 2 aliphatic rings. The quantitative estimate of drug-likeness (QED) is 0.845. The molecule has 0 spiro atoms. The molecule has 1 aromatic carbocycles. The van der Waals surface area contributed by atoms with E-state index in [0.717, 1.165) is 11.6 Å². The smallest absolute Gasteiger partial charge is 0.101 e. The molecule has 20 heavy (non-hydrogen) atoms. The van der Waals surface area contributed by atoms with Crippen LogP contribution in [0.15, 0.2) is 18.2 Å². The SMILES string of the molecule is CC12CCC(C1)C(C)(C)C2Nc1ccc(Cl)cc1C#N. The predicted molar refractivity (Wildman–Crippen MR) is 82.8 cm³/mol. The first-order valence-corrected chi connectivity index (χ1v) is 7.71. The molecule has 2 bridgehead atoms. The van der Waals surface area contributed by atoms with Gasteiger partial charge in [0.15, 0.2) is 0 Å². The van der Waals surface area contributed by atoms with Gasteiger partial charge < -0.3 is 5.32 Å². The van der Waals surface area contributed by atoms with Crippen LogP contribution in [0.2, 0.25) is 5.02 Å². The summed E-state index contributed by atoms with van der Waals surface area (Å²) in [5.74, 6) is 0.794. The summed E-state index contributed by atoms with van der Waals surface area (Å²) in [5, 5.41) is 13.6. The summed E-state index contributed by atoms with van der Waals surface area (Å²) in [6.07, 6.45) is 3.93. The van der Waals surface area contributed by atoms with Crippen molar-refractivity contribution in [3.8, 4) is 6.07 Å². The van der Waals surface area contributed by atoms with Crippen molar-refractivity contribution < 1.29 is 0 Å². The third-order valence-corrected chi connectivity index (χ3v) is 5.91. The van der Waals surface area contributed by atoms with Crippen LogP contribution in [-0.4, -0.2) is 6.04 Å². The van der Waals surface area contributed by atoms with Crippen LogP contribution in [0, 0.1) is 28.1 Å². The van der Waals surface area contributed by atoms with Gasteiger partial charge in [-0.2, -0.15) is 5.26 Å². The monoisotopic (exact) mass is 288 g/mol. The van der Waals surface area contributed by atoms with Crippen molar-refractivity contribution in [3.63, 3.8) is 0 Å². The Morgan fingerprint density at radius 3 is 2.70 bits per heavy atom. The van der Waals surface area contributed by atoms with Crippen LogP contribution < -0.4 is 5.32 Å². The first-order chi connectivity index (χ1) is 9.37.